The molecule has 2 fully saturated rings. The van der Waals surface area contributed by atoms with Crippen LogP contribution < -0.4 is 5.32 Å². The first-order chi connectivity index (χ1) is 14.2. The Morgan fingerprint density at radius 3 is 2.45 bits per heavy atom. The summed E-state index contributed by atoms with van der Waals surface area (Å²) >= 11 is 0. The van der Waals surface area contributed by atoms with Crippen molar-refractivity contribution >= 4 is 11.7 Å². The van der Waals surface area contributed by atoms with Crippen molar-refractivity contribution < 1.29 is 9.18 Å². The molecule has 0 atom stereocenters. The Labute approximate surface area is 171 Å². The maximum atomic E-state index is 13.3. The number of nitrogens with one attached hydrogen (secondary N) is 1. The second-order valence-electron chi connectivity index (χ2n) is 7.83. The van der Waals surface area contributed by atoms with Gasteiger partial charge in [-0.15, -0.1) is 0 Å². The minimum atomic E-state index is -0.262. The van der Waals surface area contributed by atoms with Crippen LogP contribution in [0.2, 0.25) is 0 Å². The molecule has 4 rings (SSSR count). The van der Waals surface area contributed by atoms with E-state index in [4.69, 9.17) is 0 Å². The Bertz CT molecular complexity index is 830. The summed E-state index contributed by atoms with van der Waals surface area (Å²) < 4.78 is 13.3. The molecule has 0 unspecified atom stereocenters. The zero-order valence-corrected chi connectivity index (χ0v) is 16.7. The number of likely N-dealkylation sites (tertiary alicyclic amines) is 2. The highest BCUT2D eigenvalue weighted by Gasteiger charge is 2.22. The van der Waals surface area contributed by atoms with Crippen molar-refractivity contribution in [1.29, 1.82) is 0 Å². The molecular formula is C22H28FN5O. The number of benzene rings is 1. The van der Waals surface area contributed by atoms with E-state index in [1.54, 1.807) is 18.3 Å². The monoisotopic (exact) mass is 397 g/mol. The number of carbonyl (C=O) groups excluding carboxylic acids is 1. The van der Waals surface area contributed by atoms with Gasteiger partial charge in [-0.2, -0.15) is 0 Å². The number of carbonyl (C=O) groups is 1. The van der Waals surface area contributed by atoms with Gasteiger partial charge in [-0.25, -0.2) is 14.4 Å². The number of halogens is 1. The molecule has 2 aromatic rings. The van der Waals surface area contributed by atoms with Gasteiger partial charge in [0, 0.05) is 32.6 Å². The van der Waals surface area contributed by atoms with E-state index in [2.05, 4.69) is 20.2 Å². The maximum absolute atomic E-state index is 13.3. The van der Waals surface area contributed by atoms with E-state index < -0.39 is 0 Å². The lowest BCUT2D eigenvalue weighted by Gasteiger charge is -2.18. The van der Waals surface area contributed by atoms with Crippen molar-refractivity contribution in [3.63, 3.8) is 0 Å². The van der Waals surface area contributed by atoms with Crippen molar-refractivity contribution in [2.75, 3.05) is 44.6 Å². The first-order valence-electron chi connectivity index (χ1n) is 10.5. The number of anilines is 1. The number of hydrogen-bond acceptors (Lipinski definition) is 5. The van der Waals surface area contributed by atoms with Gasteiger partial charge < -0.3 is 15.1 Å². The van der Waals surface area contributed by atoms with Crippen LogP contribution in [0.5, 0.6) is 0 Å². The van der Waals surface area contributed by atoms with E-state index in [9.17, 15) is 9.18 Å². The summed E-state index contributed by atoms with van der Waals surface area (Å²) in [7, 11) is 0. The highest BCUT2D eigenvalue weighted by Crippen LogP contribution is 2.18. The number of rotatable bonds is 7. The van der Waals surface area contributed by atoms with Gasteiger partial charge in [-0.1, -0.05) is 12.1 Å². The van der Waals surface area contributed by atoms with Gasteiger partial charge in [0.2, 0.25) is 0 Å². The molecule has 2 aliphatic heterocycles. The van der Waals surface area contributed by atoms with Crippen molar-refractivity contribution in [2.24, 2.45) is 0 Å². The number of hydrogen-bond donors (Lipinski definition) is 1. The molecule has 0 aliphatic carbocycles. The van der Waals surface area contributed by atoms with Crippen LogP contribution in [0.1, 0.15) is 47.4 Å². The van der Waals surface area contributed by atoms with Gasteiger partial charge in [0.1, 0.15) is 17.3 Å². The van der Waals surface area contributed by atoms with Gasteiger partial charge in [-0.3, -0.25) is 4.79 Å². The standard InChI is InChI=1S/C22H28FN5O/c23-18-7-5-17(6-8-18)15-19-21(24-9-14-27-10-1-2-11-27)25-16-20(26-19)22(29)28-12-3-4-13-28/h5-8,16H,1-4,9-15H2,(H,24,25). The summed E-state index contributed by atoms with van der Waals surface area (Å²) in [5.74, 6) is 0.382. The van der Waals surface area contributed by atoms with E-state index in [1.807, 2.05) is 4.90 Å². The molecule has 7 heteroatoms. The molecule has 1 aromatic heterocycles. The van der Waals surface area contributed by atoms with E-state index >= 15 is 0 Å². The Kier molecular flexibility index (Phi) is 6.34. The molecular weight excluding hydrogens is 369 g/mol. The summed E-state index contributed by atoms with van der Waals surface area (Å²) in [5, 5.41) is 3.39. The Balaban J connectivity index is 1.51. The minimum absolute atomic E-state index is 0.0565. The molecule has 0 bridgehead atoms. The van der Waals surface area contributed by atoms with Gasteiger partial charge >= 0.3 is 0 Å². The van der Waals surface area contributed by atoms with Crippen LogP contribution in [0, 0.1) is 5.82 Å². The molecule has 0 saturated carbocycles. The molecule has 29 heavy (non-hydrogen) atoms. The largest absolute Gasteiger partial charge is 0.367 e. The average molecular weight is 397 g/mol. The van der Waals surface area contributed by atoms with Crippen LogP contribution in [0.25, 0.3) is 0 Å². The lowest BCUT2D eigenvalue weighted by atomic mass is 10.1. The molecule has 1 N–H and O–H groups in total. The Morgan fingerprint density at radius 2 is 1.72 bits per heavy atom. The van der Waals surface area contributed by atoms with Crippen molar-refractivity contribution in [2.45, 2.75) is 32.1 Å². The summed E-state index contributed by atoms with van der Waals surface area (Å²) in [6.45, 7) is 5.61. The molecule has 154 valence electrons. The van der Waals surface area contributed by atoms with Gasteiger partial charge in [0.15, 0.2) is 0 Å². The highest BCUT2D eigenvalue weighted by atomic mass is 19.1. The molecule has 2 aliphatic rings. The van der Waals surface area contributed by atoms with Crippen molar-refractivity contribution in [1.82, 2.24) is 19.8 Å². The quantitative estimate of drug-likeness (QED) is 0.778. The van der Waals surface area contributed by atoms with Crippen LogP contribution in [0.15, 0.2) is 30.5 Å². The highest BCUT2D eigenvalue weighted by molar-refractivity contribution is 5.92. The molecule has 1 aromatic carbocycles. The van der Waals surface area contributed by atoms with E-state index in [-0.39, 0.29) is 11.7 Å². The number of aromatic nitrogens is 2. The third-order valence-electron chi connectivity index (χ3n) is 5.66. The van der Waals surface area contributed by atoms with E-state index in [0.717, 1.165) is 63.4 Å². The molecule has 1 amide bonds. The fourth-order valence-electron chi connectivity index (χ4n) is 4.02. The predicted octanol–water partition coefficient (Wildman–Crippen LogP) is 2.95. The first kappa shape index (κ1) is 19.8. The fraction of sp³-hybridized carbons (Fsp3) is 0.500. The third-order valence-corrected chi connectivity index (χ3v) is 5.66. The molecule has 2 saturated heterocycles. The van der Waals surface area contributed by atoms with E-state index in [1.165, 1.54) is 25.0 Å². The Morgan fingerprint density at radius 1 is 1.03 bits per heavy atom. The van der Waals surface area contributed by atoms with Gasteiger partial charge in [0.05, 0.1) is 11.9 Å². The van der Waals surface area contributed by atoms with Crippen LogP contribution in [0.4, 0.5) is 10.2 Å². The zero-order valence-electron chi connectivity index (χ0n) is 16.7. The predicted molar refractivity (Wildman–Crippen MR) is 111 cm³/mol. The molecule has 0 spiro atoms. The minimum Gasteiger partial charge on any atom is -0.367 e. The maximum Gasteiger partial charge on any atom is 0.274 e. The summed E-state index contributed by atoms with van der Waals surface area (Å²) in [6, 6.07) is 6.39. The van der Waals surface area contributed by atoms with E-state index in [0.29, 0.717) is 17.9 Å². The smallest absolute Gasteiger partial charge is 0.274 e. The van der Waals surface area contributed by atoms with Gasteiger partial charge in [0.25, 0.3) is 5.91 Å². The van der Waals surface area contributed by atoms with Crippen molar-refractivity contribution in [3.05, 3.63) is 53.2 Å². The normalized spacial score (nSPS) is 17.1. The van der Waals surface area contributed by atoms with Crippen LogP contribution in [-0.4, -0.2) is 64.9 Å². The summed E-state index contributed by atoms with van der Waals surface area (Å²) in [4.78, 5) is 26.2. The molecule has 6 nitrogen and oxygen atoms in total. The topological polar surface area (TPSA) is 61.4 Å². The van der Waals surface area contributed by atoms with Crippen LogP contribution in [-0.2, 0) is 6.42 Å². The summed E-state index contributed by atoms with van der Waals surface area (Å²) in [6.07, 6.45) is 6.69. The average Bonchev–Trinajstić information content (AvgIpc) is 3.44. The van der Waals surface area contributed by atoms with Crippen molar-refractivity contribution in [3.8, 4) is 0 Å². The Hall–Kier alpha value is -2.54. The third kappa shape index (κ3) is 5.09. The summed E-state index contributed by atoms with van der Waals surface area (Å²) in [5.41, 5.74) is 2.05. The lowest BCUT2D eigenvalue weighted by molar-refractivity contribution is 0.0786. The molecule has 0 radical (unpaired) electrons. The van der Waals surface area contributed by atoms with Crippen LogP contribution in [0.3, 0.4) is 0 Å². The van der Waals surface area contributed by atoms with Crippen LogP contribution >= 0.6 is 0 Å². The lowest BCUT2D eigenvalue weighted by Crippen LogP contribution is -2.29. The molecule has 3 heterocycles. The SMILES string of the molecule is O=C(c1cnc(NCCN2CCCC2)c(Cc2ccc(F)cc2)n1)N1CCCC1. The fourth-order valence-corrected chi connectivity index (χ4v) is 4.02. The number of amides is 1. The second-order valence-corrected chi connectivity index (χ2v) is 7.83. The first-order valence-corrected chi connectivity index (χ1v) is 10.5. The van der Waals surface area contributed by atoms with Gasteiger partial charge in [-0.05, 0) is 56.5 Å². The number of nitrogens with zero attached hydrogens (tertiary/aromatic N) is 4. The second kappa shape index (κ2) is 9.31. The zero-order chi connectivity index (χ0) is 20.1.